The highest BCUT2D eigenvalue weighted by atomic mass is 79.9. The molecule has 0 saturated carbocycles. The summed E-state index contributed by atoms with van der Waals surface area (Å²) in [4.78, 5) is 11.5. The SMILES string of the molecule is Cc1cc(Cl)ccc1C(Br)c1ccc2c(c1)CCC(=O)N2. The number of benzene rings is 2. The highest BCUT2D eigenvalue weighted by Gasteiger charge is 2.18. The van der Waals surface area contributed by atoms with Gasteiger partial charge in [-0.05, 0) is 53.8 Å². The van der Waals surface area contributed by atoms with Gasteiger partial charge in [-0.3, -0.25) is 4.79 Å². The van der Waals surface area contributed by atoms with Gasteiger partial charge in [-0.1, -0.05) is 45.7 Å². The molecule has 3 rings (SSSR count). The number of alkyl halides is 1. The van der Waals surface area contributed by atoms with E-state index in [1.165, 1.54) is 16.7 Å². The highest BCUT2D eigenvalue weighted by Crippen LogP contribution is 2.36. The second-order valence-electron chi connectivity index (χ2n) is 5.33. The number of amides is 1. The van der Waals surface area contributed by atoms with E-state index in [-0.39, 0.29) is 10.7 Å². The van der Waals surface area contributed by atoms with Gasteiger partial charge in [0, 0.05) is 17.1 Å². The third-order valence-electron chi connectivity index (χ3n) is 3.82. The molecule has 0 aliphatic carbocycles. The number of hydrogen-bond acceptors (Lipinski definition) is 1. The number of halogens is 2. The maximum absolute atomic E-state index is 11.4. The van der Waals surface area contributed by atoms with Crippen LogP contribution in [-0.2, 0) is 11.2 Å². The summed E-state index contributed by atoms with van der Waals surface area (Å²) in [6.45, 7) is 2.06. The Labute approximate surface area is 137 Å². The molecule has 108 valence electrons. The van der Waals surface area contributed by atoms with Crippen molar-refractivity contribution in [3.8, 4) is 0 Å². The Morgan fingerprint density at radius 2 is 2.00 bits per heavy atom. The summed E-state index contributed by atoms with van der Waals surface area (Å²) in [5.74, 6) is 0.0965. The van der Waals surface area contributed by atoms with E-state index in [2.05, 4.69) is 46.4 Å². The molecule has 1 aliphatic rings. The number of carbonyl (C=O) groups is 1. The first-order chi connectivity index (χ1) is 10.0. The molecule has 0 bridgehead atoms. The predicted octanol–water partition coefficient (Wildman–Crippen LogP) is 5.02. The van der Waals surface area contributed by atoms with Crippen LogP contribution in [0.2, 0.25) is 5.02 Å². The zero-order valence-electron chi connectivity index (χ0n) is 11.6. The van der Waals surface area contributed by atoms with Gasteiger partial charge in [0.15, 0.2) is 0 Å². The highest BCUT2D eigenvalue weighted by molar-refractivity contribution is 9.09. The Hall–Kier alpha value is -1.32. The van der Waals surface area contributed by atoms with Crippen LogP contribution in [0.1, 0.15) is 33.5 Å². The molecule has 1 amide bonds. The fraction of sp³-hybridized carbons (Fsp3) is 0.235. The van der Waals surface area contributed by atoms with Crippen LogP contribution in [0.5, 0.6) is 0 Å². The Kier molecular flexibility index (Phi) is 4.05. The molecule has 0 radical (unpaired) electrons. The molecule has 0 spiro atoms. The number of nitrogens with one attached hydrogen (secondary N) is 1. The van der Waals surface area contributed by atoms with E-state index in [0.29, 0.717) is 6.42 Å². The Morgan fingerprint density at radius 3 is 2.76 bits per heavy atom. The van der Waals surface area contributed by atoms with Crippen molar-refractivity contribution in [2.45, 2.75) is 24.6 Å². The van der Waals surface area contributed by atoms with E-state index in [9.17, 15) is 4.79 Å². The van der Waals surface area contributed by atoms with Crippen molar-refractivity contribution in [1.82, 2.24) is 0 Å². The molecule has 1 N–H and O–H groups in total. The van der Waals surface area contributed by atoms with Crippen LogP contribution in [0.25, 0.3) is 0 Å². The van der Waals surface area contributed by atoms with Crippen LogP contribution < -0.4 is 5.32 Å². The number of anilines is 1. The Bertz CT molecular complexity index is 714. The third-order valence-corrected chi connectivity index (χ3v) is 5.08. The zero-order valence-corrected chi connectivity index (χ0v) is 14.0. The largest absolute Gasteiger partial charge is 0.326 e. The smallest absolute Gasteiger partial charge is 0.224 e. The minimum atomic E-state index is 0.0965. The zero-order chi connectivity index (χ0) is 15.0. The first-order valence-corrected chi connectivity index (χ1v) is 8.17. The van der Waals surface area contributed by atoms with Crippen molar-refractivity contribution in [1.29, 1.82) is 0 Å². The predicted molar refractivity (Wildman–Crippen MR) is 90.4 cm³/mol. The van der Waals surface area contributed by atoms with Crippen LogP contribution in [-0.4, -0.2) is 5.91 Å². The van der Waals surface area contributed by atoms with Gasteiger partial charge in [0.05, 0.1) is 4.83 Å². The van der Waals surface area contributed by atoms with Crippen LogP contribution in [0.3, 0.4) is 0 Å². The van der Waals surface area contributed by atoms with Crippen LogP contribution >= 0.6 is 27.5 Å². The van der Waals surface area contributed by atoms with Gasteiger partial charge in [-0.25, -0.2) is 0 Å². The molecule has 0 saturated heterocycles. The van der Waals surface area contributed by atoms with Crippen molar-refractivity contribution >= 4 is 39.1 Å². The van der Waals surface area contributed by atoms with E-state index in [1.807, 2.05) is 18.2 Å². The van der Waals surface area contributed by atoms with E-state index in [4.69, 9.17) is 11.6 Å². The van der Waals surface area contributed by atoms with Crippen LogP contribution in [0, 0.1) is 6.92 Å². The van der Waals surface area contributed by atoms with E-state index < -0.39 is 0 Å². The van der Waals surface area contributed by atoms with Crippen molar-refractivity contribution in [3.05, 3.63) is 63.7 Å². The minimum absolute atomic E-state index is 0.0965. The summed E-state index contributed by atoms with van der Waals surface area (Å²) >= 11 is 9.80. The van der Waals surface area contributed by atoms with E-state index in [0.717, 1.165) is 22.7 Å². The summed E-state index contributed by atoms with van der Waals surface area (Å²) in [5.41, 5.74) is 5.69. The molecule has 1 aliphatic heterocycles. The number of hydrogen-bond donors (Lipinski definition) is 1. The van der Waals surface area contributed by atoms with Crippen LogP contribution in [0.4, 0.5) is 5.69 Å². The summed E-state index contributed by atoms with van der Waals surface area (Å²) < 4.78 is 0. The van der Waals surface area contributed by atoms with Crippen molar-refractivity contribution in [2.24, 2.45) is 0 Å². The van der Waals surface area contributed by atoms with Crippen molar-refractivity contribution in [2.75, 3.05) is 5.32 Å². The van der Waals surface area contributed by atoms with Gasteiger partial charge in [-0.2, -0.15) is 0 Å². The van der Waals surface area contributed by atoms with E-state index >= 15 is 0 Å². The van der Waals surface area contributed by atoms with Gasteiger partial charge < -0.3 is 5.32 Å². The molecule has 2 nitrogen and oxygen atoms in total. The van der Waals surface area contributed by atoms with Crippen molar-refractivity contribution < 1.29 is 4.79 Å². The van der Waals surface area contributed by atoms with Gasteiger partial charge in [0.1, 0.15) is 0 Å². The average Bonchev–Trinajstić information content (AvgIpc) is 2.46. The van der Waals surface area contributed by atoms with Crippen LogP contribution in [0.15, 0.2) is 36.4 Å². The molecule has 1 heterocycles. The molecular weight excluding hydrogens is 350 g/mol. The monoisotopic (exact) mass is 363 g/mol. The molecule has 0 fully saturated rings. The lowest BCUT2D eigenvalue weighted by Crippen LogP contribution is -2.19. The lowest BCUT2D eigenvalue weighted by Gasteiger charge is -2.20. The maximum Gasteiger partial charge on any atom is 0.224 e. The first kappa shape index (κ1) is 14.6. The quantitative estimate of drug-likeness (QED) is 0.745. The first-order valence-electron chi connectivity index (χ1n) is 6.87. The van der Waals surface area contributed by atoms with Crippen molar-refractivity contribution in [3.63, 3.8) is 0 Å². The molecular formula is C17H15BrClNO. The molecule has 2 aromatic carbocycles. The standard InChI is InChI=1S/C17H15BrClNO/c1-10-8-13(19)4-5-14(10)17(18)12-2-6-15-11(9-12)3-7-16(21)20-15/h2,4-6,8-9,17H,3,7H2,1H3,(H,20,21). The van der Waals surface area contributed by atoms with Gasteiger partial charge in [-0.15, -0.1) is 0 Å². The lowest BCUT2D eigenvalue weighted by molar-refractivity contribution is -0.116. The van der Waals surface area contributed by atoms with Gasteiger partial charge >= 0.3 is 0 Å². The molecule has 2 aromatic rings. The normalized spacial score (nSPS) is 15.3. The number of aryl methyl sites for hydroxylation is 2. The Balaban J connectivity index is 1.95. The summed E-state index contributed by atoms with van der Waals surface area (Å²) in [5, 5.41) is 3.67. The third kappa shape index (κ3) is 2.99. The number of carbonyl (C=O) groups excluding carboxylic acids is 1. The second-order valence-corrected chi connectivity index (χ2v) is 6.68. The van der Waals surface area contributed by atoms with Gasteiger partial charge in [0.2, 0.25) is 5.91 Å². The Morgan fingerprint density at radius 1 is 1.19 bits per heavy atom. The molecule has 4 heteroatoms. The number of rotatable bonds is 2. The fourth-order valence-electron chi connectivity index (χ4n) is 2.66. The minimum Gasteiger partial charge on any atom is -0.326 e. The molecule has 1 unspecified atom stereocenters. The molecule has 21 heavy (non-hydrogen) atoms. The molecule has 1 atom stereocenters. The maximum atomic E-state index is 11.4. The summed E-state index contributed by atoms with van der Waals surface area (Å²) in [6, 6.07) is 12.2. The average molecular weight is 365 g/mol. The number of fused-ring (bicyclic) bond motifs is 1. The topological polar surface area (TPSA) is 29.1 Å². The summed E-state index contributed by atoms with van der Waals surface area (Å²) in [6.07, 6.45) is 1.36. The van der Waals surface area contributed by atoms with E-state index in [1.54, 1.807) is 0 Å². The van der Waals surface area contributed by atoms with Gasteiger partial charge in [0.25, 0.3) is 0 Å². The molecule has 0 aromatic heterocycles. The lowest BCUT2D eigenvalue weighted by atomic mass is 9.95. The second kappa shape index (κ2) is 5.82. The fourth-order valence-corrected chi connectivity index (χ4v) is 3.69. The summed E-state index contributed by atoms with van der Waals surface area (Å²) in [7, 11) is 0.